The van der Waals surface area contributed by atoms with E-state index in [9.17, 15) is 4.39 Å². The molecular formula is C19H27FO. The molecule has 0 amide bonds. The van der Waals surface area contributed by atoms with Gasteiger partial charge in [-0.05, 0) is 85.4 Å². The van der Waals surface area contributed by atoms with Gasteiger partial charge < -0.3 is 4.74 Å². The average molecular weight is 290 g/mol. The number of alkyl halides is 1. The second kappa shape index (κ2) is 3.52. The fourth-order valence-electron chi connectivity index (χ4n) is 8.30. The molecule has 10 unspecified atom stereocenters. The van der Waals surface area contributed by atoms with Gasteiger partial charge in [-0.2, -0.15) is 0 Å². The summed E-state index contributed by atoms with van der Waals surface area (Å²) in [6, 6.07) is 0. The van der Waals surface area contributed by atoms with Crippen LogP contribution < -0.4 is 0 Å². The van der Waals surface area contributed by atoms with Gasteiger partial charge in [0.15, 0.2) is 0 Å². The van der Waals surface area contributed by atoms with Gasteiger partial charge in [-0.25, -0.2) is 0 Å². The molecule has 0 aromatic heterocycles. The van der Waals surface area contributed by atoms with Gasteiger partial charge in [-0.3, -0.25) is 4.39 Å². The fraction of sp³-hybridized carbons (Fsp3) is 1.00. The van der Waals surface area contributed by atoms with Crippen molar-refractivity contribution in [2.75, 3.05) is 13.3 Å². The van der Waals surface area contributed by atoms with Crippen LogP contribution in [-0.4, -0.2) is 19.4 Å². The third-order valence-corrected chi connectivity index (χ3v) is 9.34. The molecule has 1 saturated heterocycles. The van der Waals surface area contributed by atoms with Crippen LogP contribution in [0.5, 0.6) is 0 Å². The Kier molecular flexibility index (Phi) is 2.07. The van der Waals surface area contributed by atoms with Crippen LogP contribution >= 0.6 is 0 Å². The summed E-state index contributed by atoms with van der Waals surface area (Å²) in [6.45, 7) is 3.47. The zero-order valence-electron chi connectivity index (χ0n) is 13.1. The van der Waals surface area contributed by atoms with Gasteiger partial charge in [0.2, 0.25) is 0 Å². The molecule has 0 radical (unpaired) electrons. The number of hydrogen-bond acceptors (Lipinski definition) is 1. The molecule has 5 saturated carbocycles. The quantitative estimate of drug-likeness (QED) is 0.745. The summed E-state index contributed by atoms with van der Waals surface area (Å²) in [7, 11) is 0. The van der Waals surface area contributed by atoms with Crippen molar-refractivity contribution in [2.24, 2.45) is 52.3 Å². The van der Waals surface area contributed by atoms with Crippen molar-refractivity contribution in [3.8, 4) is 0 Å². The average Bonchev–Trinajstić information content (AvgIpc) is 3.39. The monoisotopic (exact) mass is 290 g/mol. The van der Waals surface area contributed by atoms with Crippen molar-refractivity contribution in [1.82, 2.24) is 0 Å². The lowest BCUT2D eigenvalue weighted by Gasteiger charge is -2.38. The first-order valence-corrected chi connectivity index (χ1v) is 9.43. The minimum absolute atomic E-state index is 0.00312. The van der Waals surface area contributed by atoms with E-state index in [2.05, 4.69) is 6.92 Å². The molecule has 21 heavy (non-hydrogen) atoms. The van der Waals surface area contributed by atoms with Crippen molar-refractivity contribution < 1.29 is 9.13 Å². The third kappa shape index (κ3) is 1.14. The molecule has 2 heteroatoms. The van der Waals surface area contributed by atoms with Crippen LogP contribution in [0, 0.1) is 52.3 Å². The Balaban J connectivity index is 1.30. The van der Waals surface area contributed by atoms with E-state index in [-0.39, 0.29) is 12.1 Å². The summed E-state index contributed by atoms with van der Waals surface area (Å²) in [4.78, 5) is 0. The van der Waals surface area contributed by atoms with Crippen molar-refractivity contribution in [3.05, 3.63) is 0 Å². The van der Waals surface area contributed by atoms with Gasteiger partial charge in [0.25, 0.3) is 0 Å². The number of rotatable bonds is 2. The third-order valence-electron chi connectivity index (χ3n) is 9.34. The van der Waals surface area contributed by atoms with Gasteiger partial charge in [0, 0.05) is 12.0 Å². The van der Waals surface area contributed by atoms with E-state index in [1.54, 1.807) is 0 Å². The summed E-state index contributed by atoms with van der Waals surface area (Å²) < 4.78 is 20.0. The van der Waals surface area contributed by atoms with Crippen molar-refractivity contribution >= 4 is 0 Å². The van der Waals surface area contributed by atoms with Crippen LogP contribution in [-0.2, 0) is 4.74 Å². The van der Waals surface area contributed by atoms with E-state index in [0.29, 0.717) is 11.5 Å². The lowest BCUT2D eigenvalue weighted by Crippen LogP contribution is -2.35. The highest BCUT2D eigenvalue weighted by atomic mass is 19.1. The zero-order valence-corrected chi connectivity index (χ0v) is 13.1. The molecular weight excluding hydrogens is 263 g/mol. The van der Waals surface area contributed by atoms with Crippen LogP contribution in [0.1, 0.15) is 45.4 Å². The van der Waals surface area contributed by atoms with Gasteiger partial charge >= 0.3 is 0 Å². The molecule has 10 atom stereocenters. The zero-order chi connectivity index (χ0) is 14.0. The Hall–Kier alpha value is -0.110. The van der Waals surface area contributed by atoms with Gasteiger partial charge in [0.05, 0.1) is 12.8 Å². The van der Waals surface area contributed by atoms with Crippen LogP contribution in [0.2, 0.25) is 0 Å². The molecule has 5 aliphatic carbocycles. The minimum atomic E-state index is 0.00312. The standard InChI is InChI=1S/C19H27FO/c1-10-11-5-7-21-12(8-11)2-3-13-15(10)16(13)19(9-20)17-14-4-6-18(14,17)19/h10-17H,2-9H2,1H3. The maximum Gasteiger partial charge on any atom is 0.0962 e. The smallest absolute Gasteiger partial charge is 0.0962 e. The number of hydrogen-bond donors (Lipinski definition) is 0. The summed E-state index contributed by atoms with van der Waals surface area (Å²) in [5.74, 6) is 5.97. The van der Waals surface area contributed by atoms with E-state index in [1.165, 1.54) is 38.5 Å². The predicted molar refractivity (Wildman–Crippen MR) is 78.4 cm³/mol. The normalized spacial score (nSPS) is 69.4. The molecule has 2 bridgehead atoms. The Morgan fingerprint density at radius 1 is 1.19 bits per heavy atom. The van der Waals surface area contributed by atoms with E-state index in [0.717, 1.165) is 48.0 Å². The molecule has 1 spiro atoms. The van der Waals surface area contributed by atoms with Crippen LogP contribution in [0.4, 0.5) is 4.39 Å². The molecule has 1 nitrogen and oxygen atoms in total. The van der Waals surface area contributed by atoms with E-state index >= 15 is 0 Å². The molecule has 1 heterocycles. The Labute approximate surface area is 127 Å². The summed E-state index contributed by atoms with van der Waals surface area (Å²) in [6.07, 6.45) is 8.44. The highest BCUT2D eigenvalue weighted by Crippen LogP contribution is 3.03. The molecule has 0 N–H and O–H groups in total. The second-order valence-electron chi connectivity index (χ2n) is 9.32. The minimum Gasteiger partial charge on any atom is -0.378 e. The molecule has 0 aromatic carbocycles. The Morgan fingerprint density at radius 2 is 2.10 bits per heavy atom. The Bertz CT molecular complexity index is 506. The fourth-order valence-corrected chi connectivity index (χ4v) is 8.30. The predicted octanol–water partition coefficient (Wildman–Crippen LogP) is 4.07. The second-order valence-corrected chi connectivity index (χ2v) is 9.32. The lowest BCUT2D eigenvalue weighted by atomic mass is 9.67. The van der Waals surface area contributed by atoms with Gasteiger partial charge in [-0.1, -0.05) is 6.92 Å². The molecule has 116 valence electrons. The largest absolute Gasteiger partial charge is 0.378 e. The number of fused-ring (bicyclic) bond motifs is 4. The molecule has 1 aliphatic heterocycles. The van der Waals surface area contributed by atoms with Crippen LogP contribution in [0.3, 0.4) is 0 Å². The molecule has 6 aliphatic rings. The molecule has 0 aromatic rings. The maximum absolute atomic E-state index is 14.1. The topological polar surface area (TPSA) is 9.23 Å². The summed E-state index contributed by atoms with van der Waals surface area (Å²) >= 11 is 0. The van der Waals surface area contributed by atoms with E-state index < -0.39 is 0 Å². The molecule has 6 fully saturated rings. The van der Waals surface area contributed by atoms with Gasteiger partial charge in [-0.15, -0.1) is 0 Å². The van der Waals surface area contributed by atoms with Crippen LogP contribution in [0.15, 0.2) is 0 Å². The van der Waals surface area contributed by atoms with E-state index in [4.69, 9.17) is 4.74 Å². The van der Waals surface area contributed by atoms with Crippen molar-refractivity contribution in [1.29, 1.82) is 0 Å². The van der Waals surface area contributed by atoms with Crippen molar-refractivity contribution in [2.45, 2.75) is 51.6 Å². The van der Waals surface area contributed by atoms with Crippen molar-refractivity contribution in [3.63, 3.8) is 0 Å². The van der Waals surface area contributed by atoms with Gasteiger partial charge in [0.1, 0.15) is 0 Å². The first-order valence-electron chi connectivity index (χ1n) is 9.43. The molecule has 6 rings (SSSR count). The van der Waals surface area contributed by atoms with Crippen LogP contribution in [0.25, 0.3) is 0 Å². The Morgan fingerprint density at radius 3 is 2.76 bits per heavy atom. The highest BCUT2D eigenvalue weighted by molar-refractivity contribution is 5.47. The summed E-state index contributed by atoms with van der Waals surface area (Å²) in [5, 5.41) is 0. The first-order chi connectivity index (χ1) is 10.3. The number of ether oxygens (including phenoxy) is 1. The number of halogens is 1. The highest BCUT2D eigenvalue weighted by Gasteiger charge is 3.01. The maximum atomic E-state index is 14.1. The first kappa shape index (κ1) is 12.3. The summed E-state index contributed by atoms with van der Waals surface area (Å²) in [5.41, 5.74) is 0.748. The SMILES string of the molecule is CC1C2CCOC(CCC3C1C3C1(CF)C3C4CCC431)C2. The van der Waals surface area contributed by atoms with E-state index in [1.807, 2.05) is 0 Å². The lowest BCUT2D eigenvalue weighted by molar-refractivity contribution is -0.0350.